The molecule has 0 unspecified atom stereocenters. The molecule has 0 radical (unpaired) electrons. The number of hydrogen-bond acceptors (Lipinski definition) is 7. The summed E-state index contributed by atoms with van der Waals surface area (Å²) >= 11 is 5.97. The number of fused-ring (bicyclic) bond motifs is 1. The van der Waals surface area contributed by atoms with Crippen molar-refractivity contribution in [3.8, 4) is 11.4 Å². The highest BCUT2D eigenvalue weighted by atomic mass is 35.5. The standard InChI is InChI=1S/C20H24ClN7O2/c1-20(2,12-21)19(29)27-9-7-26(8-10-27)17-16-18(23-13-22-17)28(25-24-16)14-5-4-6-15(11-14)30-3/h4-6,11,13H,7-10,12H2,1-3H3. The van der Waals surface area contributed by atoms with Gasteiger partial charge in [0.15, 0.2) is 17.0 Å². The number of benzene rings is 1. The summed E-state index contributed by atoms with van der Waals surface area (Å²) < 4.78 is 6.97. The zero-order valence-corrected chi connectivity index (χ0v) is 18.0. The van der Waals surface area contributed by atoms with Crippen LogP contribution in [0.15, 0.2) is 30.6 Å². The van der Waals surface area contributed by atoms with Crippen LogP contribution in [0.3, 0.4) is 0 Å². The van der Waals surface area contributed by atoms with Crippen LogP contribution in [0.2, 0.25) is 0 Å². The van der Waals surface area contributed by atoms with Gasteiger partial charge in [-0.25, -0.2) is 9.97 Å². The summed E-state index contributed by atoms with van der Waals surface area (Å²) in [5.74, 6) is 1.82. The average Bonchev–Trinajstić information content (AvgIpc) is 3.23. The van der Waals surface area contributed by atoms with Crippen molar-refractivity contribution in [2.24, 2.45) is 5.41 Å². The Hall–Kier alpha value is -2.94. The fourth-order valence-electron chi connectivity index (χ4n) is 3.49. The first-order valence-corrected chi connectivity index (χ1v) is 10.3. The molecule has 2 aromatic heterocycles. The van der Waals surface area contributed by atoms with Gasteiger partial charge in [0.25, 0.3) is 0 Å². The lowest BCUT2D eigenvalue weighted by Gasteiger charge is -2.38. The van der Waals surface area contributed by atoms with E-state index in [-0.39, 0.29) is 5.91 Å². The number of amides is 1. The normalized spacial score (nSPS) is 14.9. The molecular formula is C20H24ClN7O2. The fourth-order valence-corrected chi connectivity index (χ4v) is 3.61. The first kappa shape index (κ1) is 20.3. The second-order valence-electron chi connectivity index (χ2n) is 7.87. The Balaban J connectivity index is 1.58. The van der Waals surface area contributed by atoms with Crippen molar-refractivity contribution in [3.05, 3.63) is 30.6 Å². The van der Waals surface area contributed by atoms with Crippen molar-refractivity contribution in [1.29, 1.82) is 0 Å². The monoisotopic (exact) mass is 429 g/mol. The molecular weight excluding hydrogens is 406 g/mol. The molecule has 1 aliphatic heterocycles. The van der Waals surface area contributed by atoms with Gasteiger partial charge in [-0.15, -0.1) is 16.7 Å². The molecule has 9 nitrogen and oxygen atoms in total. The maximum atomic E-state index is 12.7. The number of anilines is 1. The number of hydrogen-bond donors (Lipinski definition) is 0. The zero-order valence-electron chi connectivity index (χ0n) is 17.2. The van der Waals surface area contributed by atoms with Crippen LogP contribution in [0.5, 0.6) is 5.75 Å². The van der Waals surface area contributed by atoms with E-state index >= 15 is 0 Å². The van der Waals surface area contributed by atoms with Crippen molar-refractivity contribution in [3.63, 3.8) is 0 Å². The number of carbonyl (C=O) groups excluding carboxylic acids is 1. The first-order valence-electron chi connectivity index (χ1n) is 9.76. The Kier molecular flexibility index (Phi) is 5.46. The molecule has 3 heterocycles. The van der Waals surface area contributed by atoms with Gasteiger partial charge in [-0.05, 0) is 26.0 Å². The summed E-state index contributed by atoms with van der Waals surface area (Å²) in [5.41, 5.74) is 1.49. The SMILES string of the molecule is COc1cccc(-n2nnc3c(N4CCN(C(=O)C(C)(C)CCl)CC4)ncnc32)c1. The van der Waals surface area contributed by atoms with Gasteiger partial charge in [0.1, 0.15) is 12.1 Å². The predicted octanol–water partition coefficient (Wildman–Crippen LogP) is 2.13. The average molecular weight is 430 g/mol. The minimum absolute atomic E-state index is 0.0777. The van der Waals surface area contributed by atoms with E-state index in [1.165, 1.54) is 6.33 Å². The summed E-state index contributed by atoms with van der Waals surface area (Å²) in [6, 6.07) is 7.55. The molecule has 0 atom stereocenters. The second-order valence-corrected chi connectivity index (χ2v) is 8.14. The van der Waals surface area contributed by atoms with Gasteiger partial charge in [-0.2, -0.15) is 4.68 Å². The molecule has 0 spiro atoms. The predicted molar refractivity (Wildman–Crippen MR) is 114 cm³/mol. The van der Waals surface area contributed by atoms with Crippen molar-refractivity contribution in [1.82, 2.24) is 29.9 Å². The van der Waals surface area contributed by atoms with Crippen LogP contribution >= 0.6 is 11.6 Å². The Morgan fingerprint density at radius 2 is 1.97 bits per heavy atom. The fraction of sp³-hybridized carbons (Fsp3) is 0.450. The molecule has 1 saturated heterocycles. The lowest BCUT2D eigenvalue weighted by molar-refractivity contribution is -0.139. The maximum Gasteiger partial charge on any atom is 0.229 e. The topological polar surface area (TPSA) is 89.3 Å². The molecule has 0 saturated carbocycles. The molecule has 0 N–H and O–H groups in total. The number of piperazine rings is 1. The smallest absolute Gasteiger partial charge is 0.229 e. The molecule has 30 heavy (non-hydrogen) atoms. The van der Waals surface area contributed by atoms with Crippen molar-refractivity contribution in [2.45, 2.75) is 13.8 Å². The van der Waals surface area contributed by atoms with Crippen molar-refractivity contribution < 1.29 is 9.53 Å². The van der Waals surface area contributed by atoms with Crippen LogP contribution < -0.4 is 9.64 Å². The Labute approximate surface area is 179 Å². The van der Waals surface area contributed by atoms with E-state index < -0.39 is 5.41 Å². The van der Waals surface area contributed by atoms with E-state index in [1.54, 1.807) is 11.8 Å². The van der Waals surface area contributed by atoms with Crippen molar-refractivity contribution >= 4 is 34.5 Å². The molecule has 1 amide bonds. The highest BCUT2D eigenvalue weighted by Crippen LogP contribution is 2.26. The molecule has 0 bridgehead atoms. The minimum atomic E-state index is -0.564. The Morgan fingerprint density at radius 3 is 2.67 bits per heavy atom. The number of methoxy groups -OCH3 is 1. The quantitative estimate of drug-likeness (QED) is 0.574. The maximum absolute atomic E-state index is 12.7. The number of carbonyl (C=O) groups is 1. The minimum Gasteiger partial charge on any atom is -0.497 e. The van der Waals surface area contributed by atoms with Crippen LogP contribution in [0.25, 0.3) is 16.9 Å². The number of alkyl halides is 1. The number of aromatic nitrogens is 5. The molecule has 1 aromatic carbocycles. The third-order valence-electron chi connectivity index (χ3n) is 5.30. The molecule has 4 rings (SSSR count). The largest absolute Gasteiger partial charge is 0.497 e. The van der Waals surface area contributed by atoms with Gasteiger partial charge >= 0.3 is 0 Å². The van der Waals surface area contributed by atoms with Gasteiger partial charge in [0.05, 0.1) is 18.2 Å². The van der Waals surface area contributed by atoms with Gasteiger partial charge in [-0.3, -0.25) is 4.79 Å². The summed E-state index contributed by atoms with van der Waals surface area (Å²) in [6.45, 7) is 6.27. The molecule has 10 heteroatoms. The van der Waals surface area contributed by atoms with Crippen LogP contribution in [-0.2, 0) is 4.79 Å². The van der Waals surface area contributed by atoms with Gasteiger partial charge < -0.3 is 14.5 Å². The Bertz CT molecular complexity index is 1060. The second kappa shape index (κ2) is 8.06. The first-order chi connectivity index (χ1) is 14.4. The zero-order chi connectivity index (χ0) is 21.3. The van der Waals surface area contributed by atoms with E-state index in [1.807, 2.05) is 43.0 Å². The summed E-state index contributed by atoms with van der Waals surface area (Å²) in [4.78, 5) is 25.5. The number of rotatable bonds is 5. The molecule has 1 fully saturated rings. The van der Waals surface area contributed by atoms with Gasteiger partial charge in [0, 0.05) is 38.1 Å². The highest BCUT2D eigenvalue weighted by molar-refractivity contribution is 6.19. The van der Waals surface area contributed by atoms with E-state index in [4.69, 9.17) is 16.3 Å². The van der Waals surface area contributed by atoms with E-state index in [0.717, 1.165) is 17.3 Å². The molecule has 158 valence electrons. The number of halogens is 1. The number of ether oxygens (including phenoxy) is 1. The van der Waals surface area contributed by atoms with Gasteiger partial charge in [0.2, 0.25) is 5.91 Å². The Morgan fingerprint density at radius 1 is 1.20 bits per heavy atom. The third kappa shape index (κ3) is 3.65. The van der Waals surface area contributed by atoms with Crippen LogP contribution in [0.4, 0.5) is 5.82 Å². The molecule has 0 aliphatic carbocycles. The van der Waals surface area contributed by atoms with Crippen molar-refractivity contribution in [2.75, 3.05) is 44.1 Å². The third-order valence-corrected chi connectivity index (χ3v) is 5.96. The molecule has 1 aliphatic rings. The lowest BCUT2D eigenvalue weighted by atomic mass is 9.94. The van der Waals surface area contributed by atoms with Crippen LogP contribution in [0.1, 0.15) is 13.8 Å². The molecule has 3 aromatic rings. The summed E-state index contributed by atoms with van der Waals surface area (Å²) in [5, 5.41) is 8.63. The summed E-state index contributed by atoms with van der Waals surface area (Å²) in [7, 11) is 1.62. The van der Waals surface area contributed by atoms with E-state index in [0.29, 0.717) is 43.2 Å². The highest BCUT2D eigenvalue weighted by Gasteiger charge is 2.33. The van der Waals surface area contributed by atoms with E-state index in [2.05, 4.69) is 25.2 Å². The summed E-state index contributed by atoms with van der Waals surface area (Å²) in [6.07, 6.45) is 1.52. The lowest BCUT2D eigenvalue weighted by Crippen LogP contribution is -2.52. The van der Waals surface area contributed by atoms with Crippen LogP contribution in [-0.4, -0.2) is 74.9 Å². The van der Waals surface area contributed by atoms with Crippen LogP contribution in [0, 0.1) is 5.41 Å². The van der Waals surface area contributed by atoms with E-state index in [9.17, 15) is 4.79 Å². The van der Waals surface area contributed by atoms with Gasteiger partial charge in [-0.1, -0.05) is 11.3 Å². The number of nitrogens with zero attached hydrogens (tertiary/aromatic N) is 7.